The van der Waals surface area contributed by atoms with Crippen molar-refractivity contribution in [3.05, 3.63) is 17.8 Å². The Labute approximate surface area is 130 Å². The molecule has 3 rings (SSSR count). The number of aryl methyl sites for hydroxylation is 1. The lowest BCUT2D eigenvalue weighted by Crippen LogP contribution is -2.56. The van der Waals surface area contributed by atoms with E-state index in [1.165, 1.54) is 0 Å². The Balaban J connectivity index is 1.69. The molecule has 0 radical (unpaired) electrons. The lowest BCUT2D eigenvalue weighted by atomic mass is 9.99. The van der Waals surface area contributed by atoms with Crippen molar-refractivity contribution in [1.29, 1.82) is 0 Å². The third kappa shape index (κ3) is 3.54. The average Bonchev–Trinajstić information content (AvgIpc) is 2.75. The third-order valence-electron chi connectivity index (χ3n) is 4.05. The summed E-state index contributed by atoms with van der Waals surface area (Å²) in [6, 6.07) is 3.34. The second kappa shape index (κ2) is 5.63. The monoisotopic (exact) mass is 331 g/mol. The summed E-state index contributed by atoms with van der Waals surface area (Å²) in [5.74, 6) is -1.87. The van der Waals surface area contributed by atoms with E-state index in [4.69, 9.17) is 9.47 Å². The van der Waals surface area contributed by atoms with Crippen molar-refractivity contribution in [2.24, 2.45) is 0 Å². The molecule has 6 nitrogen and oxygen atoms in total. The number of halogens is 3. The highest BCUT2D eigenvalue weighted by molar-refractivity contribution is 5.76. The van der Waals surface area contributed by atoms with Crippen LogP contribution in [0.1, 0.15) is 31.4 Å². The van der Waals surface area contributed by atoms with E-state index in [0.717, 1.165) is 5.69 Å². The standard InChI is InChI=1S/C14H16F3N3O3/c1-8-2-3-11(20-19-8)22-10-6-9-4-5-13(7-10,18-9)23-12(21)14(15,16)17/h2-3,9-10,18H,4-7H2,1H3. The van der Waals surface area contributed by atoms with Crippen molar-refractivity contribution in [1.82, 2.24) is 15.5 Å². The minimum absolute atomic E-state index is 0.0480. The number of piperidine rings is 1. The molecule has 1 aromatic rings. The Hall–Kier alpha value is -1.90. The van der Waals surface area contributed by atoms with Crippen LogP contribution in [0.4, 0.5) is 13.2 Å². The van der Waals surface area contributed by atoms with Gasteiger partial charge in [-0.3, -0.25) is 5.32 Å². The molecule has 3 heterocycles. The molecule has 9 heteroatoms. The van der Waals surface area contributed by atoms with E-state index in [0.29, 0.717) is 25.1 Å². The van der Waals surface area contributed by atoms with E-state index in [2.05, 4.69) is 15.5 Å². The second-order valence-electron chi connectivity index (χ2n) is 5.95. The zero-order valence-electron chi connectivity index (χ0n) is 12.4. The summed E-state index contributed by atoms with van der Waals surface area (Å²) < 4.78 is 47.8. The zero-order valence-corrected chi connectivity index (χ0v) is 12.4. The smallest absolute Gasteiger partial charge is 0.473 e. The van der Waals surface area contributed by atoms with Gasteiger partial charge in [0.2, 0.25) is 5.88 Å². The van der Waals surface area contributed by atoms with E-state index in [1.807, 2.05) is 0 Å². The molecule has 0 spiro atoms. The van der Waals surface area contributed by atoms with Crippen LogP contribution in [0.5, 0.6) is 5.88 Å². The van der Waals surface area contributed by atoms with Crippen molar-refractivity contribution in [3.8, 4) is 5.88 Å². The van der Waals surface area contributed by atoms with Crippen molar-refractivity contribution in [2.45, 2.75) is 56.7 Å². The fourth-order valence-electron chi connectivity index (χ4n) is 3.10. The van der Waals surface area contributed by atoms with E-state index in [-0.39, 0.29) is 18.6 Å². The number of carbonyl (C=O) groups excluding carboxylic acids is 1. The maximum absolute atomic E-state index is 12.5. The summed E-state index contributed by atoms with van der Waals surface area (Å²) in [6.07, 6.45) is -3.68. The first-order valence-corrected chi connectivity index (χ1v) is 7.31. The highest BCUT2D eigenvalue weighted by Gasteiger charge is 2.53. The van der Waals surface area contributed by atoms with Crippen LogP contribution >= 0.6 is 0 Å². The number of esters is 1. The molecule has 3 unspecified atom stereocenters. The fraction of sp³-hybridized carbons (Fsp3) is 0.643. The molecule has 2 aliphatic heterocycles. The largest absolute Gasteiger partial charge is 0.490 e. The van der Waals surface area contributed by atoms with Gasteiger partial charge in [-0.1, -0.05) is 0 Å². The van der Waals surface area contributed by atoms with E-state index in [9.17, 15) is 18.0 Å². The minimum Gasteiger partial charge on any atom is -0.473 e. The van der Waals surface area contributed by atoms with E-state index >= 15 is 0 Å². The van der Waals surface area contributed by atoms with Gasteiger partial charge in [0.1, 0.15) is 6.10 Å². The Bertz CT molecular complexity index is 593. The first-order valence-electron chi connectivity index (χ1n) is 7.31. The summed E-state index contributed by atoms with van der Waals surface area (Å²) in [6.45, 7) is 1.78. The lowest BCUT2D eigenvalue weighted by molar-refractivity contribution is -0.219. The predicted molar refractivity (Wildman–Crippen MR) is 71.5 cm³/mol. The Kier molecular flexibility index (Phi) is 3.91. The molecule has 126 valence electrons. The van der Waals surface area contributed by atoms with Gasteiger partial charge in [-0.05, 0) is 19.4 Å². The molecule has 2 fully saturated rings. The number of alkyl halides is 3. The van der Waals surface area contributed by atoms with Crippen LogP contribution < -0.4 is 10.1 Å². The number of fused-ring (bicyclic) bond motifs is 2. The quantitative estimate of drug-likeness (QED) is 0.853. The van der Waals surface area contributed by atoms with Crippen molar-refractivity contribution < 1.29 is 27.4 Å². The number of nitrogens with one attached hydrogen (secondary N) is 1. The molecular weight excluding hydrogens is 315 g/mol. The molecule has 2 bridgehead atoms. The van der Waals surface area contributed by atoms with Gasteiger partial charge in [-0.25, -0.2) is 4.79 Å². The zero-order chi connectivity index (χ0) is 16.7. The van der Waals surface area contributed by atoms with Gasteiger partial charge in [-0.15, -0.1) is 5.10 Å². The number of nitrogens with zero attached hydrogens (tertiary/aromatic N) is 2. The highest BCUT2D eigenvalue weighted by Crippen LogP contribution is 2.39. The summed E-state index contributed by atoms with van der Waals surface area (Å²) in [4.78, 5) is 11.2. The summed E-state index contributed by atoms with van der Waals surface area (Å²) in [5.41, 5.74) is -0.587. The molecule has 2 aliphatic rings. The van der Waals surface area contributed by atoms with E-state index in [1.54, 1.807) is 19.1 Å². The van der Waals surface area contributed by atoms with Crippen LogP contribution in [0.3, 0.4) is 0 Å². The van der Waals surface area contributed by atoms with Gasteiger partial charge in [-0.2, -0.15) is 18.3 Å². The predicted octanol–water partition coefficient (Wildman–Crippen LogP) is 1.88. The average molecular weight is 331 g/mol. The lowest BCUT2D eigenvalue weighted by Gasteiger charge is -2.38. The van der Waals surface area contributed by atoms with Crippen LogP contribution in [0, 0.1) is 6.92 Å². The van der Waals surface area contributed by atoms with Gasteiger partial charge in [0.05, 0.1) is 5.69 Å². The molecule has 3 atom stereocenters. The maximum atomic E-state index is 12.5. The molecular formula is C14H16F3N3O3. The van der Waals surface area contributed by atoms with E-state index < -0.39 is 17.9 Å². The van der Waals surface area contributed by atoms with Crippen LogP contribution in [-0.2, 0) is 9.53 Å². The SMILES string of the molecule is Cc1ccc(OC2CC3CCC(OC(=O)C(F)(F)F)(C2)N3)nn1. The van der Waals surface area contributed by atoms with Crippen molar-refractivity contribution >= 4 is 5.97 Å². The molecule has 0 aliphatic carbocycles. The number of hydrogen-bond acceptors (Lipinski definition) is 6. The summed E-state index contributed by atoms with van der Waals surface area (Å²) in [7, 11) is 0. The highest BCUT2D eigenvalue weighted by atomic mass is 19.4. The first-order chi connectivity index (χ1) is 10.8. The van der Waals surface area contributed by atoms with Gasteiger partial charge in [0, 0.05) is 31.4 Å². The number of hydrogen-bond donors (Lipinski definition) is 1. The normalized spacial score (nSPS) is 30.1. The number of aromatic nitrogens is 2. The minimum atomic E-state index is -5.01. The molecule has 2 saturated heterocycles. The molecule has 0 aromatic carbocycles. The van der Waals surface area contributed by atoms with Gasteiger partial charge in [0.25, 0.3) is 0 Å². The molecule has 1 aromatic heterocycles. The third-order valence-corrected chi connectivity index (χ3v) is 4.05. The fourth-order valence-corrected chi connectivity index (χ4v) is 3.10. The van der Waals surface area contributed by atoms with Gasteiger partial charge >= 0.3 is 12.1 Å². The number of rotatable bonds is 3. The van der Waals surface area contributed by atoms with Crippen molar-refractivity contribution in [2.75, 3.05) is 0 Å². The summed E-state index contributed by atoms with van der Waals surface area (Å²) >= 11 is 0. The number of ether oxygens (including phenoxy) is 2. The molecule has 0 saturated carbocycles. The number of carbonyl (C=O) groups is 1. The van der Waals surface area contributed by atoms with Crippen LogP contribution in [-0.4, -0.2) is 40.2 Å². The van der Waals surface area contributed by atoms with Gasteiger partial charge in [0.15, 0.2) is 5.72 Å². The molecule has 1 N–H and O–H groups in total. The molecule has 0 amide bonds. The van der Waals surface area contributed by atoms with Crippen LogP contribution in [0.25, 0.3) is 0 Å². The Morgan fingerprint density at radius 2 is 2.17 bits per heavy atom. The second-order valence-corrected chi connectivity index (χ2v) is 5.95. The molecule has 23 heavy (non-hydrogen) atoms. The Morgan fingerprint density at radius 3 is 2.83 bits per heavy atom. The Morgan fingerprint density at radius 1 is 1.39 bits per heavy atom. The maximum Gasteiger partial charge on any atom is 0.490 e. The van der Waals surface area contributed by atoms with Gasteiger partial charge < -0.3 is 9.47 Å². The first kappa shape index (κ1) is 16.0. The topological polar surface area (TPSA) is 73.3 Å². The van der Waals surface area contributed by atoms with Crippen LogP contribution in [0.15, 0.2) is 12.1 Å². The summed E-state index contributed by atoms with van der Waals surface area (Å²) in [5, 5.41) is 10.7. The van der Waals surface area contributed by atoms with Crippen LogP contribution in [0.2, 0.25) is 0 Å². The van der Waals surface area contributed by atoms with Crippen molar-refractivity contribution in [3.63, 3.8) is 0 Å².